The average molecular weight is 380 g/mol. The van der Waals surface area contributed by atoms with E-state index >= 15 is 0 Å². The molecular formula is C25H30FNO. The molecule has 0 bridgehead atoms. The third-order valence-electron chi connectivity index (χ3n) is 6.69. The molecule has 2 nitrogen and oxygen atoms in total. The summed E-state index contributed by atoms with van der Waals surface area (Å²) >= 11 is 0. The lowest BCUT2D eigenvalue weighted by molar-refractivity contribution is -0.135. The van der Waals surface area contributed by atoms with Gasteiger partial charge >= 0.3 is 0 Å². The molecule has 0 N–H and O–H groups in total. The van der Waals surface area contributed by atoms with E-state index in [9.17, 15) is 9.18 Å². The Morgan fingerprint density at radius 2 is 1.50 bits per heavy atom. The first-order valence-electron chi connectivity index (χ1n) is 10.8. The molecule has 1 aliphatic carbocycles. The smallest absolute Gasteiger partial charge is 0.230 e. The van der Waals surface area contributed by atoms with Gasteiger partial charge < -0.3 is 4.90 Å². The van der Waals surface area contributed by atoms with Gasteiger partial charge in [0.1, 0.15) is 5.82 Å². The van der Waals surface area contributed by atoms with Crippen molar-refractivity contribution in [3.05, 3.63) is 71.5 Å². The molecule has 1 atom stereocenters. The number of benzene rings is 2. The monoisotopic (exact) mass is 379 g/mol. The summed E-state index contributed by atoms with van der Waals surface area (Å²) in [6.45, 7) is 1.61. The topological polar surface area (TPSA) is 20.3 Å². The maximum Gasteiger partial charge on any atom is 0.230 e. The molecule has 1 saturated carbocycles. The summed E-state index contributed by atoms with van der Waals surface area (Å²) in [5, 5.41) is 0. The number of rotatable bonds is 4. The number of carbonyl (C=O) groups excluding carboxylic acids is 1. The summed E-state index contributed by atoms with van der Waals surface area (Å²) in [7, 11) is 0. The SMILES string of the molecule is O=C(C(c1ccccc1)C1CCCCC1)N1CCC(c2ccc(F)cc2)CC1. The molecule has 1 aliphatic heterocycles. The van der Waals surface area contributed by atoms with Crippen LogP contribution in [-0.2, 0) is 4.79 Å². The van der Waals surface area contributed by atoms with Crippen molar-refractivity contribution in [1.82, 2.24) is 4.90 Å². The van der Waals surface area contributed by atoms with Crippen LogP contribution in [0.1, 0.15) is 67.9 Å². The first-order valence-corrected chi connectivity index (χ1v) is 10.8. The van der Waals surface area contributed by atoms with Gasteiger partial charge in [-0.3, -0.25) is 4.79 Å². The molecule has 2 aromatic rings. The third kappa shape index (κ3) is 4.29. The molecule has 2 fully saturated rings. The summed E-state index contributed by atoms with van der Waals surface area (Å²) in [6.07, 6.45) is 8.04. The second-order valence-electron chi connectivity index (χ2n) is 8.44. The van der Waals surface area contributed by atoms with Crippen LogP contribution < -0.4 is 0 Å². The standard InChI is InChI=1S/C25H30FNO/c26-23-13-11-19(12-14-23)20-15-17-27(18-16-20)25(28)24(21-7-3-1-4-8-21)22-9-5-2-6-10-22/h1,3-4,7-8,11-14,20,22,24H,2,5-6,9-10,15-18H2. The van der Waals surface area contributed by atoms with E-state index in [2.05, 4.69) is 29.2 Å². The van der Waals surface area contributed by atoms with Crippen molar-refractivity contribution < 1.29 is 9.18 Å². The van der Waals surface area contributed by atoms with Gasteiger partial charge in [-0.15, -0.1) is 0 Å². The lowest BCUT2D eigenvalue weighted by Crippen LogP contribution is -2.42. The lowest BCUT2D eigenvalue weighted by atomic mass is 9.75. The van der Waals surface area contributed by atoms with Crippen LogP contribution in [0.25, 0.3) is 0 Å². The molecule has 0 aromatic heterocycles. The molecule has 1 saturated heterocycles. The minimum atomic E-state index is -0.186. The van der Waals surface area contributed by atoms with Crippen molar-refractivity contribution in [2.24, 2.45) is 5.92 Å². The van der Waals surface area contributed by atoms with Crippen molar-refractivity contribution in [3.63, 3.8) is 0 Å². The molecule has 28 heavy (non-hydrogen) atoms. The van der Waals surface area contributed by atoms with Crippen LogP contribution >= 0.6 is 0 Å². The number of hydrogen-bond acceptors (Lipinski definition) is 1. The number of nitrogens with zero attached hydrogens (tertiary/aromatic N) is 1. The second-order valence-corrected chi connectivity index (χ2v) is 8.44. The normalized spacial score (nSPS) is 20.1. The Hall–Kier alpha value is -2.16. The summed E-state index contributed by atoms with van der Waals surface area (Å²) in [5.41, 5.74) is 2.38. The van der Waals surface area contributed by atoms with Crippen LogP contribution in [0.15, 0.2) is 54.6 Å². The average Bonchev–Trinajstić information content (AvgIpc) is 2.76. The van der Waals surface area contributed by atoms with Crippen LogP contribution in [0.3, 0.4) is 0 Å². The molecule has 1 amide bonds. The van der Waals surface area contributed by atoms with E-state index in [0.29, 0.717) is 17.7 Å². The fraction of sp³-hybridized carbons (Fsp3) is 0.480. The molecule has 0 radical (unpaired) electrons. The predicted molar refractivity (Wildman–Crippen MR) is 111 cm³/mol. The molecule has 2 aliphatic rings. The van der Waals surface area contributed by atoms with Crippen molar-refractivity contribution in [1.29, 1.82) is 0 Å². The zero-order valence-electron chi connectivity index (χ0n) is 16.5. The van der Waals surface area contributed by atoms with E-state index in [4.69, 9.17) is 0 Å². The minimum absolute atomic E-state index is 0.00358. The number of piperidine rings is 1. The van der Waals surface area contributed by atoms with Crippen molar-refractivity contribution in [2.45, 2.75) is 56.8 Å². The van der Waals surface area contributed by atoms with Crippen LogP contribution in [0.4, 0.5) is 4.39 Å². The van der Waals surface area contributed by atoms with Crippen molar-refractivity contribution >= 4 is 5.91 Å². The van der Waals surface area contributed by atoms with E-state index < -0.39 is 0 Å². The number of hydrogen-bond donors (Lipinski definition) is 0. The van der Waals surface area contributed by atoms with Gasteiger partial charge in [0.15, 0.2) is 0 Å². The summed E-state index contributed by atoms with van der Waals surface area (Å²) < 4.78 is 13.2. The Labute approximate surface area is 167 Å². The summed E-state index contributed by atoms with van der Waals surface area (Å²) in [4.78, 5) is 15.7. The molecular weight excluding hydrogens is 349 g/mol. The van der Waals surface area contributed by atoms with E-state index in [0.717, 1.165) is 38.8 Å². The van der Waals surface area contributed by atoms with Gasteiger partial charge in [-0.1, -0.05) is 61.7 Å². The van der Waals surface area contributed by atoms with Gasteiger partial charge in [-0.25, -0.2) is 4.39 Å². The van der Waals surface area contributed by atoms with Gasteiger partial charge in [0.25, 0.3) is 0 Å². The van der Waals surface area contributed by atoms with Crippen LogP contribution in [0, 0.1) is 11.7 Å². The lowest BCUT2D eigenvalue weighted by Gasteiger charge is -2.37. The van der Waals surface area contributed by atoms with Gasteiger partial charge in [-0.2, -0.15) is 0 Å². The van der Waals surface area contributed by atoms with Crippen molar-refractivity contribution in [2.75, 3.05) is 13.1 Å². The van der Waals surface area contributed by atoms with E-state index in [1.54, 1.807) is 12.1 Å². The van der Waals surface area contributed by atoms with Gasteiger partial charge in [0, 0.05) is 13.1 Å². The molecule has 4 rings (SSSR count). The second kappa shape index (κ2) is 8.89. The van der Waals surface area contributed by atoms with Crippen LogP contribution in [0.2, 0.25) is 0 Å². The Kier molecular flexibility index (Phi) is 6.09. The highest BCUT2D eigenvalue weighted by atomic mass is 19.1. The number of amides is 1. The molecule has 3 heteroatoms. The molecule has 1 unspecified atom stereocenters. The fourth-order valence-corrected chi connectivity index (χ4v) is 5.11. The fourth-order valence-electron chi connectivity index (χ4n) is 5.11. The molecule has 2 aromatic carbocycles. The maximum atomic E-state index is 13.6. The Morgan fingerprint density at radius 1 is 0.857 bits per heavy atom. The van der Waals surface area contributed by atoms with E-state index in [-0.39, 0.29) is 11.7 Å². The van der Waals surface area contributed by atoms with Crippen LogP contribution in [-0.4, -0.2) is 23.9 Å². The molecule has 0 spiro atoms. The highest BCUT2D eigenvalue weighted by molar-refractivity contribution is 5.84. The highest BCUT2D eigenvalue weighted by Gasteiger charge is 2.35. The van der Waals surface area contributed by atoms with Gasteiger partial charge in [0.05, 0.1) is 5.92 Å². The molecule has 1 heterocycles. The first kappa shape index (κ1) is 19.2. The largest absolute Gasteiger partial charge is 0.342 e. The Balaban J connectivity index is 1.46. The zero-order valence-corrected chi connectivity index (χ0v) is 16.5. The van der Waals surface area contributed by atoms with E-state index in [1.165, 1.54) is 30.4 Å². The maximum absolute atomic E-state index is 13.6. The van der Waals surface area contributed by atoms with E-state index in [1.807, 2.05) is 18.2 Å². The number of likely N-dealkylation sites (tertiary alicyclic amines) is 1. The van der Waals surface area contributed by atoms with Crippen LogP contribution in [0.5, 0.6) is 0 Å². The summed E-state index contributed by atoms with van der Waals surface area (Å²) in [6, 6.07) is 17.3. The Morgan fingerprint density at radius 3 is 2.14 bits per heavy atom. The van der Waals surface area contributed by atoms with Gasteiger partial charge in [-0.05, 0) is 60.8 Å². The van der Waals surface area contributed by atoms with Crippen molar-refractivity contribution in [3.8, 4) is 0 Å². The predicted octanol–water partition coefficient (Wildman–Crippen LogP) is 5.90. The van der Waals surface area contributed by atoms with Gasteiger partial charge in [0.2, 0.25) is 5.91 Å². The first-order chi connectivity index (χ1) is 13.7. The minimum Gasteiger partial charge on any atom is -0.342 e. The highest BCUT2D eigenvalue weighted by Crippen LogP contribution is 2.38. The Bertz CT molecular complexity index is 759. The molecule has 148 valence electrons. The summed E-state index contributed by atoms with van der Waals surface area (Å²) in [5.74, 6) is 1.03. The third-order valence-corrected chi connectivity index (χ3v) is 6.69. The zero-order chi connectivity index (χ0) is 19.3. The quantitative estimate of drug-likeness (QED) is 0.648. The number of carbonyl (C=O) groups is 1. The number of halogens is 1.